The Morgan fingerprint density at radius 3 is 1.41 bits per heavy atom. The van der Waals surface area contributed by atoms with E-state index in [0.29, 0.717) is 34.2 Å². The van der Waals surface area contributed by atoms with Crippen LogP contribution in [0.5, 0.6) is 0 Å². The molecule has 2 aromatic heterocycles. The fourth-order valence-corrected chi connectivity index (χ4v) is 6.37. The molecular weight excluding hydrogens is 617 g/mol. The number of fused-ring (bicyclic) bond motifs is 2. The number of rotatable bonds is 20. The van der Waals surface area contributed by atoms with Crippen LogP contribution in [-0.2, 0) is 0 Å². The van der Waals surface area contributed by atoms with Crippen molar-refractivity contribution in [3.63, 3.8) is 0 Å². The molecule has 0 unspecified atom stereocenters. The zero-order chi connectivity index (χ0) is 32.6. The minimum atomic E-state index is 0.572. The molecule has 0 saturated heterocycles. The lowest BCUT2D eigenvalue weighted by Crippen LogP contribution is -2.31. The van der Waals surface area contributed by atoms with Gasteiger partial charge in [0.15, 0.2) is 0 Å². The number of aromatic nitrogens is 2. The van der Waals surface area contributed by atoms with E-state index >= 15 is 0 Å². The van der Waals surface area contributed by atoms with Crippen LogP contribution in [0.1, 0.15) is 90.4 Å². The maximum absolute atomic E-state index is 10.2. The molecule has 4 aromatic rings. The van der Waals surface area contributed by atoms with Gasteiger partial charge in [-0.1, -0.05) is 107 Å². The quantitative estimate of drug-likeness (QED) is 0.0728. The number of nitrogens with zero attached hydrogens (tertiary/aromatic N) is 5. The monoisotopic (exact) mass is 667 g/mol. The minimum Gasteiger partial charge on any atom is -0.428 e. The van der Waals surface area contributed by atoms with Crippen molar-refractivity contribution in [2.24, 2.45) is 9.98 Å². The van der Waals surface area contributed by atoms with E-state index < -0.39 is 0 Å². The maximum Gasteiger partial charge on any atom is 0.0901 e. The highest BCUT2D eigenvalue weighted by Crippen LogP contribution is 2.17. The van der Waals surface area contributed by atoms with Gasteiger partial charge in [0, 0.05) is 46.3 Å². The molecule has 0 aliphatic carbocycles. The van der Waals surface area contributed by atoms with Crippen LogP contribution in [0.15, 0.2) is 70.9 Å². The first-order chi connectivity index (χ1) is 22.5. The van der Waals surface area contributed by atoms with Gasteiger partial charge in [0.2, 0.25) is 0 Å². The number of unbranched alkanes of at least 4 members (excludes halogenated alkanes) is 12. The molecule has 4 rings (SSSR count). The van der Waals surface area contributed by atoms with Crippen molar-refractivity contribution in [3.05, 3.63) is 81.7 Å². The number of benzene rings is 2. The normalized spacial score (nSPS) is 12.7. The molecule has 0 fully saturated rings. The van der Waals surface area contributed by atoms with E-state index in [0.717, 1.165) is 57.0 Å². The van der Waals surface area contributed by atoms with Gasteiger partial charge in [-0.3, -0.25) is 14.9 Å². The molecule has 0 aliphatic rings. The molecule has 0 bridgehead atoms. The van der Waals surface area contributed by atoms with Crippen LogP contribution in [0.4, 0.5) is 0 Å². The van der Waals surface area contributed by atoms with E-state index in [4.69, 9.17) is 33.2 Å². The number of hydrogen-bond acceptors (Lipinski definition) is 5. The van der Waals surface area contributed by atoms with Crippen molar-refractivity contribution in [1.29, 1.82) is 0 Å². The third-order valence-corrected chi connectivity index (χ3v) is 9.16. The molecule has 0 atom stereocenters. The van der Waals surface area contributed by atoms with Crippen molar-refractivity contribution in [1.82, 2.24) is 14.4 Å². The average molecular weight is 669 g/mol. The standard InChI is InChI=1S/C37H51Cl2N5O2/c1-2-3-4-5-6-7-8-9-10-11-12-13-14-23-42(26-21-40-34-19-24-43(45)36-28-30(38)15-17-32(34)36)27-22-41-35-20-25-44(46)37-29-31(39)16-18-33(35)37/h15-20,24-25,28-29,45-46H,2-14,21-23,26-27H2,1H3. The van der Waals surface area contributed by atoms with Crippen LogP contribution in [0.3, 0.4) is 0 Å². The molecule has 9 heteroatoms. The summed E-state index contributed by atoms with van der Waals surface area (Å²) in [5.41, 5.74) is 1.27. The summed E-state index contributed by atoms with van der Waals surface area (Å²) in [7, 11) is 0. The topological polar surface area (TPSA) is 78.3 Å². The summed E-state index contributed by atoms with van der Waals surface area (Å²) in [5, 5.41) is 25.0. The summed E-state index contributed by atoms with van der Waals surface area (Å²) in [5.74, 6) is 0. The van der Waals surface area contributed by atoms with Crippen LogP contribution < -0.4 is 10.7 Å². The van der Waals surface area contributed by atoms with Gasteiger partial charge in [-0.25, -0.2) is 0 Å². The highest BCUT2D eigenvalue weighted by atomic mass is 35.5. The molecule has 0 aliphatic heterocycles. The average Bonchev–Trinajstić information content (AvgIpc) is 3.05. The summed E-state index contributed by atoms with van der Waals surface area (Å²) in [6.07, 6.45) is 20.7. The third-order valence-electron chi connectivity index (χ3n) is 8.69. The molecule has 0 radical (unpaired) electrons. The largest absolute Gasteiger partial charge is 0.428 e. The van der Waals surface area contributed by atoms with E-state index in [-0.39, 0.29) is 0 Å². The van der Waals surface area contributed by atoms with E-state index in [1.807, 2.05) is 36.4 Å². The van der Waals surface area contributed by atoms with Crippen molar-refractivity contribution in [2.75, 3.05) is 32.7 Å². The summed E-state index contributed by atoms with van der Waals surface area (Å²) in [6, 6.07) is 14.6. The molecule has 0 spiro atoms. The van der Waals surface area contributed by atoms with Gasteiger partial charge in [0.25, 0.3) is 0 Å². The lowest BCUT2D eigenvalue weighted by molar-refractivity contribution is 0.197. The van der Waals surface area contributed by atoms with Crippen molar-refractivity contribution < 1.29 is 10.4 Å². The minimum absolute atomic E-state index is 0.572. The van der Waals surface area contributed by atoms with E-state index in [1.54, 1.807) is 24.5 Å². The lowest BCUT2D eigenvalue weighted by atomic mass is 10.0. The Labute approximate surface area is 283 Å². The highest BCUT2D eigenvalue weighted by molar-refractivity contribution is 6.31. The maximum atomic E-state index is 10.2. The van der Waals surface area contributed by atoms with Gasteiger partial charge < -0.3 is 10.4 Å². The van der Waals surface area contributed by atoms with E-state index in [1.165, 1.54) is 77.0 Å². The van der Waals surface area contributed by atoms with Gasteiger partial charge in [-0.2, -0.15) is 9.46 Å². The molecule has 0 amide bonds. The molecule has 2 N–H and O–H groups in total. The Morgan fingerprint density at radius 2 is 0.978 bits per heavy atom. The van der Waals surface area contributed by atoms with Gasteiger partial charge in [0.1, 0.15) is 0 Å². The van der Waals surface area contributed by atoms with Crippen molar-refractivity contribution in [2.45, 2.75) is 90.4 Å². The summed E-state index contributed by atoms with van der Waals surface area (Å²) in [6.45, 7) is 6.20. The predicted molar refractivity (Wildman–Crippen MR) is 191 cm³/mol. The first kappa shape index (κ1) is 35.8. The second-order valence-electron chi connectivity index (χ2n) is 12.3. The molecule has 2 aromatic carbocycles. The Kier molecular flexibility index (Phi) is 15.3. The van der Waals surface area contributed by atoms with Crippen molar-refractivity contribution >= 4 is 45.0 Å². The SMILES string of the molecule is CCCCCCCCCCCCCCCN(CCN=c1ccn(O)c2cc(Cl)ccc12)CCN=c1ccn(O)c2cc(Cl)ccc12. The van der Waals surface area contributed by atoms with Crippen LogP contribution >= 0.6 is 23.2 Å². The lowest BCUT2D eigenvalue weighted by Gasteiger charge is -2.20. The van der Waals surface area contributed by atoms with Gasteiger partial charge in [0.05, 0.1) is 34.8 Å². The zero-order valence-electron chi connectivity index (χ0n) is 27.4. The molecule has 2 heterocycles. The molecule has 0 saturated carbocycles. The molecule has 250 valence electrons. The van der Waals surface area contributed by atoms with Crippen LogP contribution in [-0.4, -0.2) is 57.5 Å². The Morgan fingerprint density at radius 1 is 0.565 bits per heavy atom. The first-order valence-corrected chi connectivity index (χ1v) is 18.0. The summed E-state index contributed by atoms with van der Waals surface area (Å²) >= 11 is 12.3. The summed E-state index contributed by atoms with van der Waals surface area (Å²) < 4.78 is 2.17. The van der Waals surface area contributed by atoms with Crippen LogP contribution in [0.25, 0.3) is 21.8 Å². The smallest absolute Gasteiger partial charge is 0.0901 e. The number of hydrogen-bond donors (Lipinski definition) is 2. The number of halogens is 2. The van der Waals surface area contributed by atoms with E-state index in [2.05, 4.69) is 11.8 Å². The second kappa shape index (κ2) is 19.6. The molecular formula is C37H51Cl2N5O2. The second-order valence-corrected chi connectivity index (χ2v) is 13.1. The van der Waals surface area contributed by atoms with E-state index in [9.17, 15) is 10.4 Å². The fourth-order valence-electron chi connectivity index (χ4n) is 6.03. The Hall–Kier alpha value is -3.00. The van der Waals surface area contributed by atoms with Crippen LogP contribution in [0, 0.1) is 0 Å². The summed E-state index contributed by atoms with van der Waals surface area (Å²) in [4.78, 5) is 12.3. The van der Waals surface area contributed by atoms with Crippen molar-refractivity contribution in [3.8, 4) is 0 Å². The zero-order valence-corrected chi connectivity index (χ0v) is 28.9. The molecule has 7 nitrogen and oxygen atoms in total. The highest BCUT2D eigenvalue weighted by Gasteiger charge is 2.07. The predicted octanol–water partition coefficient (Wildman–Crippen LogP) is 9.27. The van der Waals surface area contributed by atoms with Gasteiger partial charge in [-0.15, -0.1) is 0 Å². The van der Waals surface area contributed by atoms with Gasteiger partial charge in [-0.05, 0) is 61.5 Å². The first-order valence-electron chi connectivity index (χ1n) is 17.2. The Balaban J connectivity index is 1.31. The molecule has 46 heavy (non-hydrogen) atoms. The fraction of sp³-hybridized carbons (Fsp3) is 0.514. The number of pyridine rings is 2. The Bertz CT molecular complexity index is 1540. The third kappa shape index (κ3) is 11.4. The van der Waals surface area contributed by atoms with Crippen LogP contribution in [0.2, 0.25) is 10.0 Å². The van der Waals surface area contributed by atoms with Gasteiger partial charge >= 0.3 is 0 Å².